The van der Waals surface area contributed by atoms with Crippen molar-refractivity contribution < 1.29 is 26.3 Å². The first kappa shape index (κ1) is 16.2. The van der Waals surface area contributed by atoms with Crippen molar-refractivity contribution in [3.05, 3.63) is 38.8 Å². The van der Waals surface area contributed by atoms with E-state index in [0.717, 1.165) is 6.07 Å². The fourth-order valence-electron chi connectivity index (χ4n) is 1.60. The lowest BCUT2D eigenvalue weighted by Crippen LogP contribution is -2.06. The molecule has 0 amide bonds. The Labute approximate surface area is 127 Å². The van der Waals surface area contributed by atoms with Crippen molar-refractivity contribution in [3.8, 4) is 11.4 Å². The van der Waals surface area contributed by atoms with Crippen molar-refractivity contribution in [2.75, 3.05) is 0 Å². The van der Waals surface area contributed by atoms with E-state index in [0.29, 0.717) is 6.07 Å². The van der Waals surface area contributed by atoms with E-state index in [1.807, 2.05) is 4.98 Å². The summed E-state index contributed by atoms with van der Waals surface area (Å²) in [6.45, 7) is 0. The molecule has 21 heavy (non-hydrogen) atoms. The lowest BCUT2D eigenvalue weighted by Gasteiger charge is -2.07. The molecule has 2 rings (SSSR count). The standard InChI is InChI=1S/C11H4BrClF6N2/c12-8-7(11(17,18)19)20-10(21-8)6-4(13)1-3(9(15)16)2-5(6)14/h1-2,9H,(H,20,21). The topological polar surface area (TPSA) is 28.7 Å². The van der Waals surface area contributed by atoms with Crippen molar-refractivity contribution in [2.24, 2.45) is 0 Å². The summed E-state index contributed by atoms with van der Waals surface area (Å²) in [5.74, 6) is -1.72. The number of benzene rings is 1. The van der Waals surface area contributed by atoms with Crippen LogP contribution in [0.2, 0.25) is 5.02 Å². The molecule has 0 atom stereocenters. The number of hydrogen-bond donors (Lipinski definition) is 1. The number of halogens is 8. The second-order valence-electron chi connectivity index (χ2n) is 3.91. The summed E-state index contributed by atoms with van der Waals surface area (Å²) in [6, 6.07) is 1.27. The number of H-pyrrole nitrogens is 1. The number of alkyl halides is 5. The normalized spacial score (nSPS) is 12.2. The van der Waals surface area contributed by atoms with E-state index >= 15 is 0 Å². The average molecular weight is 394 g/mol. The van der Waals surface area contributed by atoms with Gasteiger partial charge in [-0.3, -0.25) is 0 Å². The van der Waals surface area contributed by atoms with Crippen LogP contribution in [0.3, 0.4) is 0 Å². The largest absolute Gasteiger partial charge is 0.433 e. The Kier molecular flexibility index (Phi) is 4.25. The molecule has 0 spiro atoms. The van der Waals surface area contributed by atoms with E-state index in [2.05, 4.69) is 20.9 Å². The molecule has 0 saturated carbocycles. The molecule has 0 aliphatic rings. The maximum Gasteiger partial charge on any atom is 0.433 e. The van der Waals surface area contributed by atoms with Crippen molar-refractivity contribution in [2.45, 2.75) is 12.6 Å². The molecule has 10 heteroatoms. The highest BCUT2D eigenvalue weighted by molar-refractivity contribution is 9.10. The Morgan fingerprint density at radius 1 is 1.24 bits per heavy atom. The van der Waals surface area contributed by atoms with Gasteiger partial charge < -0.3 is 4.98 Å². The predicted molar refractivity (Wildman–Crippen MR) is 66.7 cm³/mol. The molecule has 1 aromatic heterocycles. The number of nitrogens with one attached hydrogen (secondary N) is 1. The number of nitrogens with zero attached hydrogens (tertiary/aromatic N) is 1. The molecule has 0 unspecified atom stereocenters. The van der Waals surface area contributed by atoms with Crippen LogP contribution in [0.1, 0.15) is 17.7 Å². The third-order valence-corrected chi connectivity index (χ3v) is 3.37. The third-order valence-electron chi connectivity index (χ3n) is 2.50. The Morgan fingerprint density at radius 3 is 2.29 bits per heavy atom. The van der Waals surface area contributed by atoms with E-state index in [1.165, 1.54) is 0 Å². The minimum absolute atomic E-state index is 0.472. The fraction of sp³-hybridized carbons (Fsp3) is 0.182. The van der Waals surface area contributed by atoms with E-state index in [-0.39, 0.29) is 0 Å². The van der Waals surface area contributed by atoms with Gasteiger partial charge >= 0.3 is 6.18 Å². The van der Waals surface area contributed by atoms with Gasteiger partial charge in [-0.15, -0.1) is 0 Å². The average Bonchev–Trinajstić information content (AvgIpc) is 2.69. The van der Waals surface area contributed by atoms with Crippen molar-refractivity contribution >= 4 is 27.5 Å². The number of hydrogen-bond acceptors (Lipinski definition) is 1. The molecule has 0 radical (unpaired) electrons. The van der Waals surface area contributed by atoms with Crippen LogP contribution in [0.4, 0.5) is 26.3 Å². The highest BCUT2D eigenvalue weighted by Crippen LogP contribution is 2.38. The third kappa shape index (κ3) is 3.18. The monoisotopic (exact) mass is 392 g/mol. The Balaban J connectivity index is 2.58. The van der Waals surface area contributed by atoms with Gasteiger partial charge in [0.1, 0.15) is 16.2 Å². The summed E-state index contributed by atoms with van der Waals surface area (Å²) < 4.78 is 76.1. The highest BCUT2D eigenvalue weighted by Gasteiger charge is 2.37. The van der Waals surface area contributed by atoms with Crippen LogP contribution >= 0.6 is 27.5 Å². The Hall–Kier alpha value is -1.22. The molecular formula is C11H4BrClF6N2. The number of aromatic nitrogens is 2. The van der Waals surface area contributed by atoms with Gasteiger partial charge in [-0.1, -0.05) is 11.6 Å². The minimum atomic E-state index is -4.74. The van der Waals surface area contributed by atoms with Crippen molar-refractivity contribution in [1.29, 1.82) is 0 Å². The van der Waals surface area contributed by atoms with Crippen LogP contribution < -0.4 is 0 Å². The second kappa shape index (κ2) is 5.53. The minimum Gasteiger partial charge on any atom is -0.333 e. The summed E-state index contributed by atoms with van der Waals surface area (Å²) >= 11 is 8.25. The van der Waals surface area contributed by atoms with Crippen LogP contribution in [-0.4, -0.2) is 9.97 Å². The molecule has 0 aliphatic carbocycles. The van der Waals surface area contributed by atoms with Crippen molar-refractivity contribution in [3.63, 3.8) is 0 Å². The first-order chi connectivity index (χ1) is 9.61. The lowest BCUT2D eigenvalue weighted by molar-refractivity contribution is -0.141. The number of rotatable bonds is 2. The molecule has 1 heterocycles. The summed E-state index contributed by atoms with van der Waals surface area (Å²) in [5, 5.41) is -0.472. The van der Waals surface area contributed by atoms with E-state index in [1.54, 1.807) is 0 Å². The number of imidazole rings is 1. The SMILES string of the molecule is Fc1cc(C(F)F)cc(Cl)c1-c1nc(Br)c(C(F)(F)F)[nH]1. The summed E-state index contributed by atoms with van der Waals surface area (Å²) in [5.41, 5.74) is -2.42. The quantitative estimate of drug-likeness (QED) is 0.662. The van der Waals surface area contributed by atoms with Gasteiger partial charge in [-0.05, 0) is 28.1 Å². The van der Waals surface area contributed by atoms with Gasteiger partial charge in [0.25, 0.3) is 6.43 Å². The Bertz CT molecular complexity index is 659. The maximum atomic E-state index is 13.8. The molecule has 114 valence electrons. The zero-order chi connectivity index (χ0) is 15.9. The fourth-order valence-corrected chi connectivity index (χ4v) is 2.41. The van der Waals surface area contributed by atoms with E-state index < -0.39 is 50.7 Å². The van der Waals surface area contributed by atoms with E-state index in [4.69, 9.17) is 11.6 Å². The summed E-state index contributed by atoms with van der Waals surface area (Å²) in [6.07, 6.45) is -7.70. The molecule has 2 nitrogen and oxygen atoms in total. The van der Waals surface area contributed by atoms with Gasteiger partial charge in [0.15, 0.2) is 5.69 Å². The van der Waals surface area contributed by atoms with E-state index in [9.17, 15) is 26.3 Å². The Morgan fingerprint density at radius 2 is 1.86 bits per heavy atom. The molecule has 0 fully saturated rings. The molecule has 0 bridgehead atoms. The molecule has 2 aromatic rings. The summed E-state index contributed by atoms with van der Waals surface area (Å²) in [7, 11) is 0. The highest BCUT2D eigenvalue weighted by atomic mass is 79.9. The van der Waals surface area contributed by atoms with Crippen LogP contribution in [0.15, 0.2) is 16.7 Å². The molecule has 0 saturated heterocycles. The molecule has 1 N–H and O–H groups in total. The van der Waals surface area contributed by atoms with Gasteiger partial charge in [0.2, 0.25) is 0 Å². The zero-order valence-corrected chi connectivity index (χ0v) is 12.0. The van der Waals surface area contributed by atoms with Gasteiger partial charge in [0, 0.05) is 5.56 Å². The van der Waals surface area contributed by atoms with Gasteiger partial charge in [-0.25, -0.2) is 18.2 Å². The van der Waals surface area contributed by atoms with Gasteiger partial charge in [-0.2, -0.15) is 13.2 Å². The zero-order valence-electron chi connectivity index (χ0n) is 9.70. The lowest BCUT2D eigenvalue weighted by atomic mass is 10.1. The first-order valence-electron chi connectivity index (χ1n) is 5.21. The molecule has 0 aliphatic heterocycles. The van der Waals surface area contributed by atoms with Crippen LogP contribution in [0.25, 0.3) is 11.4 Å². The van der Waals surface area contributed by atoms with Crippen molar-refractivity contribution in [1.82, 2.24) is 9.97 Å². The smallest absolute Gasteiger partial charge is 0.333 e. The van der Waals surface area contributed by atoms with Crippen LogP contribution in [0, 0.1) is 5.82 Å². The predicted octanol–water partition coefficient (Wildman–Crippen LogP) is 5.59. The number of aromatic amines is 1. The van der Waals surface area contributed by atoms with Crippen LogP contribution in [-0.2, 0) is 6.18 Å². The molecular weight excluding hydrogens is 389 g/mol. The molecule has 1 aromatic carbocycles. The van der Waals surface area contributed by atoms with Gasteiger partial charge in [0.05, 0.1) is 10.6 Å². The van der Waals surface area contributed by atoms with Crippen LogP contribution in [0.5, 0.6) is 0 Å². The second-order valence-corrected chi connectivity index (χ2v) is 5.07. The maximum absolute atomic E-state index is 13.8. The summed E-state index contributed by atoms with van der Waals surface area (Å²) in [4.78, 5) is 5.35. The first-order valence-corrected chi connectivity index (χ1v) is 6.38.